The van der Waals surface area contributed by atoms with Gasteiger partial charge in [0.1, 0.15) is 5.75 Å². The molecule has 0 bridgehead atoms. The molecule has 1 aromatic rings. The van der Waals surface area contributed by atoms with Gasteiger partial charge in [0.2, 0.25) is 5.90 Å². The second-order valence-electron chi connectivity index (χ2n) is 10.0. The Kier molecular flexibility index (Phi) is 15.8. The van der Waals surface area contributed by atoms with E-state index in [9.17, 15) is 0 Å². The largest absolute Gasteiger partial charge is 0.438 e. The number of nitrogens with two attached hydrogens (primary N) is 1. The monoisotopic (exact) mass is 529 g/mol. The molecule has 1 unspecified atom stereocenters. The van der Waals surface area contributed by atoms with Crippen molar-refractivity contribution in [1.29, 1.82) is 0 Å². The van der Waals surface area contributed by atoms with Crippen LogP contribution < -0.4 is 10.5 Å². The summed E-state index contributed by atoms with van der Waals surface area (Å²) in [6.45, 7) is 21.7. The highest BCUT2D eigenvalue weighted by molar-refractivity contribution is 5.93. The van der Waals surface area contributed by atoms with Crippen LogP contribution in [0, 0.1) is 17.8 Å². The van der Waals surface area contributed by atoms with Crippen LogP contribution in [0.4, 0.5) is 0 Å². The summed E-state index contributed by atoms with van der Waals surface area (Å²) in [6, 6.07) is 6.13. The van der Waals surface area contributed by atoms with Crippen LogP contribution in [-0.4, -0.2) is 18.7 Å². The zero-order valence-electron chi connectivity index (χ0n) is 26.2. The molecule has 0 aromatic heterocycles. The Morgan fingerprint density at radius 3 is 2.31 bits per heavy atom. The topological polar surface area (TPSA) is 60.0 Å². The smallest absolute Gasteiger partial charge is 0.219 e. The first-order valence-electron chi connectivity index (χ1n) is 14.5. The van der Waals surface area contributed by atoms with Crippen molar-refractivity contribution in [3.8, 4) is 17.6 Å². The Labute approximate surface area is 238 Å². The van der Waals surface area contributed by atoms with E-state index in [2.05, 4.69) is 79.4 Å². The van der Waals surface area contributed by atoms with Gasteiger partial charge < -0.3 is 10.5 Å². The van der Waals surface area contributed by atoms with E-state index in [-0.39, 0.29) is 0 Å². The molecule has 4 heteroatoms. The first kappa shape index (κ1) is 33.9. The van der Waals surface area contributed by atoms with Crippen molar-refractivity contribution in [3.63, 3.8) is 0 Å². The third kappa shape index (κ3) is 11.2. The number of hydrogen-bond donors (Lipinski definition) is 1. The number of hydrogen-bond acceptors (Lipinski definition) is 4. The van der Waals surface area contributed by atoms with Crippen molar-refractivity contribution >= 4 is 17.8 Å². The van der Waals surface area contributed by atoms with Crippen LogP contribution in [-0.2, 0) is 0 Å². The minimum Gasteiger partial charge on any atom is -0.438 e. The van der Waals surface area contributed by atoms with Crippen LogP contribution in [0.15, 0.2) is 68.3 Å². The van der Waals surface area contributed by atoms with Gasteiger partial charge in [-0.1, -0.05) is 63.7 Å². The van der Waals surface area contributed by atoms with Gasteiger partial charge in [-0.05, 0) is 102 Å². The van der Waals surface area contributed by atoms with E-state index in [4.69, 9.17) is 20.5 Å². The van der Waals surface area contributed by atoms with Gasteiger partial charge in [-0.3, -0.25) is 4.99 Å². The summed E-state index contributed by atoms with van der Waals surface area (Å²) >= 11 is 0. The maximum absolute atomic E-state index is 6.68. The maximum Gasteiger partial charge on any atom is 0.219 e. The van der Waals surface area contributed by atoms with Crippen molar-refractivity contribution in [2.24, 2.45) is 21.6 Å². The first-order chi connectivity index (χ1) is 18.6. The molecule has 2 N–H and O–H groups in total. The number of benzene rings is 1. The quantitative estimate of drug-likeness (QED) is 0.166. The summed E-state index contributed by atoms with van der Waals surface area (Å²) in [6.07, 6.45) is 10.7. The minimum absolute atomic E-state index is 0.430. The average molecular weight is 530 g/mol. The lowest BCUT2D eigenvalue weighted by atomic mass is 10.00. The Hall–Kier alpha value is -3.16. The number of unbranched alkanes of at least 4 members (excludes halogenated alkanes) is 1. The summed E-state index contributed by atoms with van der Waals surface area (Å²) in [4.78, 5) is 9.86. The Bertz CT molecular complexity index is 1200. The first-order valence-corrected chi connectivity index (χ1v) is 14.5. The molecule has 0 saturated carbocycles. The normalized spacial score (nSPS) is 15.0. The molecule has 1 atom stereocenters. The molecular formula is C35H51N3O. The van der Waals surface area contributed by atoms with Gasteiger partial charge in [0.05, 0.1) is 5.70 Å². The Balaban J connectivity index is 3.92. The lowest BCUT2D eigenvalue weighted by molar-refractivity contribution is 0.549. The lowest BCUT2D eigenvalue weighted by Gasteiger charge is -2.16. The second kappa shape index (κ2) is 18.2. The minimum atomic E-state index is 0.430. The number of allylic oxidation sites excluding steroid dienone is 5. The summed E-state index contributed by atoms with van der Waals surface area (Å²) in [5.41, 5.74) is 14.2. The van der Waals surface area contributed by atoms with E-state index >= 15 is 0 Å². The molecule has 4 nitrogen and oxygen atoms in total. The molecule has 0 aliphatic rings. The van der Waals surface area contributed by atoms with Crippen LogP contribution in [0.5, 0.6) is 5.75 Å². The molecule has 0 radical (unpaired) electrons. The number of nitrogens with zero attached hydrogens (tertiary/aromatic N) is 2. The third-order valence-corrected chi connectivity index (χ3v) is 7.13. The van der Waals surface area contributed by atoms with E-state index in [1.807, 2.05) is 38.3 Å². The zero-order valence-corrected chi connectivity index (χ0v) is 26.2. The number of aliphatic imine (C=N–C) groups is 2. The molecule has 0 saturated heterocycles. The van der Waals surface area contributed by atoms with Crippen LogP contribution in [0.2, 0.25) is 0 Å². The van der Waals surface area contributed by atoms with Crippen molar-refractivity contribution < 1.29 is 4.74 Å². The zero-order chi connectivity index (χ0) is 29.4. The summed E-state index contributed by atoms with van der Waals surface area (Å²) in [5.74, 6) is 8.26. The molecule has 0 amide bonds. The van der Waals surface area contributed by atoms with Crippen LogP contribution in [0.3, 0.4) is 0 Å². The van der Waals surface area contributed by atoms with Crippen molar-refractivity contribution in [1.82, 2.24) is 0 Å². The van der Waals surface area contributed by atoms with Gasteiger partial charge in [0.15, 0.2) is 0 Å². The number of ether oxygens (including phenoxy) is 1. The van der Waals surface area contributed by atoms with Crippen molar-refractivity contribution in [2.45, 2.75) is 101 Å². The fourth-order valence-corrected chi connectivity index (χ4v) is 3.51. The molecule has 1 aromatic carbocycles. The van der Waals surface area contributed by atoms with E-state index in [1.54, 1.807) is 0 Å². The predicted octanol–water partition coefficient (Wildman–Crippen LogP) is 9.43. The molecule has 212 valence electrons. The van der Waals surface area contributed by atoms with E-state index in [0.717, 1.165) is 65.8 Å². The fraction of sp³-hybridized carbons (Fsp3) is 0.486. The van der Waals surface area contributed by atoms with Gasteiger partial charge in [0, 0.05) is 36.0 Å². The summed E-state index contributed by atoms with van der Waals surface area (Å²) in [5, 5.41) is 0. The average Bonchev–Trinajstić information content (AvgIpc) is 2.94. The van der Waals surface area contributed by atoms with Gasteiger partial charge >= 0.3 is 0 Å². The highest BCUT2D eigenvalue weighted by Gasteiger charge is 2.15. The van der Waals surface area contributed by atoms with Gasteiger partial charge in [0.25, 0.3) is 0 Å². The molecule has 0 heterocycles. The lowest BCUT2D eigenvalue weighted by Crippen LogP contribution is -2.10. The van der Waals surface area contributed by atoms with E-state index in [1.165, 1.54) is 11.1 Å². The van der Waals surface area contributed by atoms with Gasteiger partial charge in [-0.25, -0.2) is 4.99 Å². The van der Waals surface area contributed by atoms with Gasteiger partial charge in [-0.15, -0.1) is 0 Å². The predicted molar refractivity (Wildman–Crippen MR) is 172 cm³/mol. The molecule has 0 spiro atoms. The standard InChI is InChI=1S/C35H51N3O/c1-11-16-17-18-31-19-20-32(35(27(8)14-4)37-24-30(15-5)23-36)33(22-31)39-34(21-28(9)25(6)12-2)38-29(10)26(7)13-3/h15,19-22,24-25H,11-14,16,23,36H2,1-10H3/b28-21+,29-26+,30-15-,35-27+,37-24-,38-34+. The highest BCUT2D eigenvalue weighted by Crippen LogP contribution is 2.32. The van der Waals surface area contributed by atoms with Crippen molar-refractivity contribution in [3.05, 3.63) is 69.5 Å². The van der Waals surface area contributed by atoms with E-state index < -0.39 is 0 Å². The molecule has 0 fully saturated rings. The summed E-state index contributed by atoms with van der Waals surface area (Å²) < 4.78 is 6.68. The van der Waals surface area contributed by atoms with E-state index in [0.29, 0.717) is 24.1 Å². The Morgan fingerprint density at radius 2 is 1.74 bits per heavy atom. The maximum atomic E-state index is 6.68. The second-order valence-corrected chi connectivity index (χ2v) is 10.0. The molecule has 0 aliphatic carbocycles. The molecule has 39 heavy (non-hydrogen) atoms. The Morgan fingerprint density at radius 1 is 1.05 bits per heavy atom. The summed E-state index contributed by atoms with van der Waals surface area (Å²) in [7, 11) is 0. The van der Waals surface area contributed by atoms with Crippen LogP contribution in [0.25, 0.3) is 5.70 Å². The molecule has 0 aliphatic heterocycles. The number of rotatable bonds is 12. The molecule has 1 rings (SSSR count). The van der Waals surface area contributed by atoms with Crippen LogP contribution in [0.1, 0.15) is 112 Å². The highest BCUT2D eigenvalue weighted by atomic mass is 16.5. The SMILES string of the molecule is C\C=C(/C=N\C(=C(/C)CC)c1ccc(C#CCCC)cc1OC(/C=C(\C)C(C)CC)=N/C(C)=C(\C)CC)CN. The third-order valence-electron chi connectivity index (χ3n) is 7.13. The molecular weight excluding hydrogens is 478 g/mol. The fourth-order valence-electron chi connectivity index (χ4n) is 3.51. The van der Waals surface area contributed by atoms with Gasteiger partial charge in [-0.2, -0.15) is 0 Å². The van der Waals surface area contributed by atoms with Crippen LogP contribution >= 0.6 is 0 Å². The van der Waals surface area contributed by atoms with Crippen molar-refractivity contribution in [2.75, 3.05) is 6.54 Å².